The van der Waals surface area contributed by atoms with E-state index in [1.807, 2.05) is 28.9 Å². The van der Waals surface area contributed by atoms with Crippen LogP contribution in [0.2, 0.25) is 0 Å². The molecule has 1 atom stereocenters. The second kappa shape index (κ2) is 10.00. The molecule has 1 aliphatic heterocycles. The van der Waals surface area contributed by atoms with E-state index in [0.717, 1.165) is 42.9 Å². The first-order valence-electron chi connectivity index (χ1n) is 10.9. The van der Waals surface area contributed by atoms with Crippen LogP contribution in [0, 0.1) is 9.77 Å². The van der Waals surface area contributed by atoms with E-state index in [-0.39, 0.29) is 11.7 Å². The van der Waals surface area contributed by atoms with Gasteiger partial charge in [-0.05, 0) is 68.0 Å². The lowest BCUT2D eigenvalue weighted by Gasteiger charge is -2.30. The van der Waals surface area contributed by atoms with E-state index in [9.17, 15) is 4.39 Å². The molecule has 34 heavy (non-hydrogen) atoms. The minimum Gasteiger partial charge on any atom is -0.495 e. The number of likely N-dealkylation sites (tertiary alicyclic amines) is 1. The number of methoxy groups -OCH3 is 1. The number of piperidine rings is 1. The quantitative estimate of drug-likeness (QED) is 0.337. The van der Waals surface area contributed by atoms with Crippen LogP contribution in [0.4, 0.5) is 15.2 Å². The van der Waals surface area contributed by atoms with Crippen LogP contribution in [0.5, 0.6) is 5.75 Å². The highest BCUT2D eigenvalue weighted by Crippen LogP contribution is 2.30. The number of rotatable bonds is 7. The van der Waals surface area contributed by atoms with Crippen molar-refractivity contribution in [3.8, 4) is 17.1 Å². The van der Waals surface area contributed by atoms with Crippen LogP contribution in [-0.4, -0.2) is 45.0 Å². The Bertz CT molecular complexity index is 1320. The number of benzene rings is 2. The monoisotopic (exact) mass is 498 g/mol. The lowest BCUT2D eigenvalue weighted by molar-refractivity contribution is 0.144. The average molecular weight is 499 g/mol. The summed E-state index contributed by atoms with van der Waals surface area (Å²) in [5, 5.41) is 12.8. The number of para-hydroxylation sites is 2. The second-order valence-electron chi connectivity index (χ2n) is 8.02. The van der Waals surface area contributed by atoms with E-state index >= 15 is 0 Å². The SMILES string of the molecule is COc1ccccc1Nc1nn(CN2CCC[C@H](c3nc(-c4ccc(F)cc4)no3)C2)c(=S)s1. The third kappa shape index (κ3) is 5.01. The van der Waals surface area contributed by atoms with E-state index in [4.69, 9.17) is 21.5 Å². The molecule has 3 heterocycles. The highest BCUT2D eigenvalue weighted by molar-refractivity contribution is 7.73. The number of hydrogen-bond acceptors (Lipinski definition) is 9. The van der Waals surface area contributed by atoms with E-state index < -0.39 is 0 Å². The Kier molecular flexibility index (Phi) is 6.66. The normalized spacial score (nSPS) is 16.5. The van der Waals surface area contributed by atoms with Crippen molar-refractivity contribution in [2.75, 3.05) is 25.5 Å². The van der Waals surface area contributed by atoms with Crippen molar-refractivity contribution in [3.63, 3.8) is 0 Å². The molecule has 0 spiro atoms. The van der Waals surface area contributed by atoms with Gasteiger partial charge in [0.2, 0.25) is 16.8 Å². The van der Waals surface area contributed by atoms with Crippen LogP contribution in [-0.2, 0) is 6.67 Å². The molecule has 8 nitrogen and oxygen atoms in total. The minimum atomic E-state index is -0.294. The molecule has 2 aromatic heterocycles. The lowest BCUT2D eigenvalue weighted by atomic mass is 9.98. The van der Waals surface area contributed by atoms with Crippen molar-refractivity contribution in [2.45, 2.75) is 25.4 Å². The molecule has 0 amide bonds. The zero-order chi connectivity index (χ0) is 23.5. The number of aromatic nitrogens is 4. The average Bonchev–Trinajstić information content (AvgIpc) is 3.47. The van der Waals surface area contributed by atoms with Crippen molar-refractivity contribution >= 4 is 34.4 Å². The number of ether oxygens (including phenoxy) is 1. The van der Waals surface area contributed by atoms with Crippen molar-refractivity contribution in [1.29, 1.82) is 0 Å². The Labute approximate surface area is 205 Å². The summed E-state index contributed by atoms with van der Waals surface area (Å²) in [7, 11) is 1.64. The third-order valence-corrected chi connectivity index (χ3v) is 6.91. The van der Waals surface area contributed by atoms with Crippen LogP contribution in [0.1, 0.15) is 24.7 Å². The zero-order valence-electron chi connectivity index (χ0n) is 18.5. The van der Waals surface area contributed by atoms with E-state index in [2.05, 4.69) is 25.5 Å². The van der Waals surface area contributed by atoms with E-state index in [0.29, 0.717) is 27.5 Å². The summed E-state index contributed by atoms with van der Waals surface area (Å²) in [6.45, 7) is 2.28. The largest absolute Gasteiger partial charge is 0.495 e. The molecule has 1 saturated heterocycles. The van der Waals surface area contributed by atoms with Gasteiger partial charge in [0.25, 0.3) is 0 Å². The Morgan fingerprint density at radius 1 is 1.24 bits per heavy atom. The summed E-state index contributed by atoms with van der Waals surface area (Å²) in [6.07, 6.45) is 1.97. The minimum absolute atomic E-state index is 0.120. The third-order valence-electron chi connectivity index (χ3n) is 5.69. The predicted molar refractivity (Wildman–Crippen MR) is 130 cm³/mol. The maximum atomic E-state index is 13.2. The first-order chi connectivity index (χ1) is 16.6. The molecule has 1 aliphatic rings. The summed E-state index contributed by atoms with van der Waals surface area (Å²) >= 11 is 6.98. The van der Waals surface area contributed by atoms with Gasteiger partial charge < -0.3 is 14.6 Å². The molecular weight excluding hydrogens is 475 g/mol. The van der Waals surface area contributed by atoms with Gasteiger partial charge >= 0.3 is 0 Å². The van der Waals surface area contributed by atoms with Gasteiger partial charge in [-0.25, -0.2) is 9.07 Å². The topological polar surface area (TPSA) is 81.2 Å². The molecule has 1 N–H and O–H groups in total. The summed E-state index contributed by atoms with van der Waals surface area (Å²) in [5.41, 5.74) is 1.57. The van der Waals surface area contributed by atoms with Crippen molar-refractivity contribution < 1.29 is 13.7 Å². The van der Waals surface area contributed by atoms with Crippen molar-refractivity contribution in [1.82, 2.24) is 24.8 Å². The Morgan fingerprint density at radius 3 is 2.88 bits per heavy atom. The molecule has 5 rings (SSSR count). The van der Waals surface area contributed by atoms with Crippen LogP contribution in [0.3, 0.4) is 0 Å². The summed E-state index contributed by atoms with van der Waals surface area (Å²) in [4.78, 5) is 6.86. The fourth-order valence-electron chi connectivity index (χ4n) is 4.00. The molecule has 0 unspecified atom stereocenters. The summed E-state index contributed by atoms with van der Waals surface area (Å²) in [5.74, 6) is 1.64. The van der Waals surface area contributed by atoms with E-state index in [1.165, 1.54) is 23.5 Å². The van der Waals surface area contributed by atoms with E-state index in [1.54, 1.807) is 19.2 Å². The van der Waals surface area contributed by atoms with Gasteiger partial charge in [-0.2, -0.15) is 4.98 Å². The molecule has 4 aromatic rings. The van der Waals surface area contributed by atoms with Crippen LogP contribution < -0.4 is 10.1 Å². The Balaban J connectivity index is 1.25. The van der Waals surface area contributed by atoms with Gasteiger partial charge in [0.15, 0.2) is 3.95 Å². The number of hydrogen-bond donors (Lipinski definition) is 1. The van der Waals surface area contributed by atoms with Gasteiger partial charge in [0.05, 0.1) is 25.4 Å². The van der Waals surface area contributed by atoms with Crippen LogP contribution in [0.15, 0.2) is 53.1 Å². The zero-order valence-corrected chi connectivity index (χ0v) is 20.1. The van der Waals surface area contributed by atoms with Gasteiger partial charge in [-0.1, -0.05) is 28.6 Å². The smallest absolute Gasteiger partial charge is 0.231 e. The molecular formula is C23H23FN6O2S2. The van der Waals surface area contributed by atoms with Gasteiger partial charge in [0.1, 0.15) is 11.6 Å². The molecule has 176 valence electrons. The van der Waals surface area contributed by atoms with Crippen LogP contribution in [0.25, 0.3) is 11.4 Å². The lowest BCUT2D eigenvalue weighted by Crippen LogP contribution is -2.36. The Hall–Kier alpha value is -3.15. The fourth-order valence-corrected chi connectivity index (χ4v) is 5.01. The van der Waals surface area contributed by atoms with Crippen LogP contribution >= 0.6 is 23.6 Å². The first-order valence-corrected chi connectivity index (χ1v) is 12.1. The maximum Gasteiger partial charge on any atom is 0.231 e. The maximum absolute atomic E-state index is 13.2. The first kappa shape index (κ1) is 22.6. The molecule has 0 bridgehead atoms. The standard InChI is InChI=1S/C23H23FN6O2S2/c1-31-19-7-3-2-6-18(19)25-22-27-30(23(33)34-22)14-29-12-4-5-16(13-29)21-26-20(28-32-21)15-8-10-17(24)11-9-15/h2-3,6-11,16H,4-5,12-14H2,1H3,(H,25,27)/t16-/m0/s1. The van der Waals surface area contributed by atoms with Gasteiger partial charge in [-0.15, -0.1) is 5.10 Å². The van der Waals surface area contributed by atoms with Crippen molar-refractivity contribution in [2.24, 2.45) is 0 Å². The molecule has 2 aromatic carbocycles. The Morgan fingerprint density at radius 2 is 2.06 bits per heavy atom. The number of halogens is 1. The number of anilines is 2. The highest BCUT2D eigenvalue weighted by Gasteiger charge is 2.27. The molecule has 1 fully saturated rings. The highest BCUT2D eigenvalue weighted by atomic mass is 32.1. The summed E-state index contributed by atoms with van der Waals surface area (Å²) < 4.78 is 26.7. The molecule has 0 saturated carbocycles. The second-order valence-corrected chi connectivity index (χ2v) is 9.64. The fraction of sp³-hybridized carbons (Fsp3) is 0.304. The molecule has 0 aliphatic carbocycles. The number of nitrogens with one attached hydrogen (secondary N) is 1. The molecule has 0 radical (unpaired) electrons. The number of nitrogens with zero attached hydrogens (tertiary/aromatic N) is 5. The summed E-state index contributed by atoms with van der Waals surface area (Å²) in [6, 6.07) is 13.8. The van der Waals surface area contributed by atoms with Crippen molar-refractivity contribution in [3.05, 3.63) is 64.2 Å². The predicted octanol–water partition coefficient (Wildman–Crippen LogP) is 5.45. The van der Waals surface area contributed by atoms with Gasteiger partial charge in [0, 0.05) is 12.1 Å². The molecule has 11 heteroatoms. The van der Waals surface area contributed by atoms with Gasteiger partial charge in [-0.3, -0.25) is 4.90 Å².